The van der Waals surface area contributed by atoms with E-state index < -0.39 is 0 Å². The summed E-state index contributed by atoms with van der Waals surface area (Å²) in [4.78, 5) is 17.1. The van der Waals surface area contributed by atoms with Crippen molar-refractivity contribution in [3.8, 4) is 5.75 Å². The smallest absolute Gasteiger partial charge is 0.271 e. The number of likely N-dealkylation sites (tertiary alicyclic amines) is 1. The summed E-state index contributed by atoms with van der Waals surface area (Å²) in [6.45, 7) is 3.37. The number of hydrogen-bond acceptors (Lipinski definition) is 4. The summed E-state index contributed by atoms with van der Waals surface area (Å²) >= 11 is 0. The largest absolute Gasteiger partial charge is 0.508 e. The number of phenolic OH excluding ortho intramolecular Hbond substituents is 1. The molecule has 0 bridgehead atoms. The number of nitrogens with zero attached hydrogens (tertiary/aromatic N) is 2. The van der Waals surface area contributed by atoms with Crippen LogP contribution in [0.4, 0.5) is 5.69 Å². The number of hydrogen-bond donors (Lipinski definition) is 2. The normalized spacial score (nSPS) is 25.9. The molecule has 2 unspecified atom stereocenters. The monoisotopic (exact) mass is 417 g/mol. The first-order chi connectivity index (χ1) is 15.0. The number of nitro benzene ring substituents is 1. The highest BCUT2D eigenvalue weighted by Crippen LogP contribution is 2.50. The molecular formula is C25H27N3O3. The van der Waals surface area contributed by atoms with Crippen LogP contribution in [0.15, 0.2) is 42.5 Å². The lowest BCUT2D eigenvalue weighted by Crippen LogP contribution is -2.54. The van der Waals surface area contributed by atoms with Crippen molar-refractivity contribution in [3.63, 3.8) is 0 Å². The Labute approximate surface area is 181 Å². The fourth-order valence-electron chi connectivity index (χ4n) is 6.12. The van der Waals surface area contributed by atoms with E-state index in [1.165, 1.54) is 36.2 Å². The number of benzene rings is 2. The maximum absolute atomic E-state index is 11.3. The Balaban J connectivity index is 1.44. The van der Waals surface area contributed by atoms with Crippen LogP contribution in [0.2, 0.25) is 0 Å². The number of nitro groups is 1. The van der Waals surface area contributed by atoms with Crippen LogP contribution in [0.25, 0.3) is 10.9 Å². The number of nitrogens with one attached hydrogen (secondary N) is 1. The summed E-state index contributed by atoms with van der Waals surface area (Å²) in [5.74, 6) is 1.66. The maximum atomic E-state index is 11.3. The fraction of sp³-hybridized carbons (Fsp3) is 0.440. The fourth-order valence-corrected chi connectivity index (χ4v) is 6.12. The van der Waals surface area contributed by atoms with Crippen LogP contribution in [0.3, 0.4) is 0 Å². The van der Waals surface area contributed by atoms with E-state index >= 15 is 0 Å². The zero-order valence-electron chi connectivity index (χ0n) is 17.5. The standard InChI is InChI=1S/C25H27N3O3/c29-20-3-1-2-17(10-20)25-8-9-27(14-16-4-5-16)15-18(25)11-22-21-7-6-19(28(30)31)12-23(21)26-24(22)13-25/h1-3,6-7,10,12,16,18,26,29H,4-5,8-9,11,13-15H2. The van der Waals surface area contributed by atoms with Gasteiger partial charge in [-0.1, -0.05) is 12.1 Å². The van der Waals surface area contributed by atoms with Gasteiger partial charge in [-0.05, 0) is 79.8 Å². The molecule has 2 aromatic carbocycles. The number of rotatable bonds is 4. The van der Waals surface area contributed by atoms with Crippen molar-refractivity contribution in [2.75, 3.05) is 19.6 Å². The molecule has 6 rings (SSSR count). The van der Waals surface area contributed by atoms with Crippen LogP contribution in [-0.2, 0) is 18.3 Å². The Morgan fingerprint density at radius 1 is 1.23 bits per heavy atom. The number of piperidine rings is 1. The minimum absolute atomic E-state index is 0.0153. The van der Waals surface area contributed by atoms with Crippen molar-refractivity contribution in [1.82, 2.24) is 9.88 Å². The number of fused-ring (bicyclic) bond motifs is 4. The molecule has 0 amide bonds. The molecule has 1 aromatic heterocycles. The van der Waals surface area contributed by atoms with Crippen LogP contribution in [-0.4, -0.2) is 39.5 Å². The summed E-state index contributed by atoms with van der Waals surface area (Å²) in [5, 5.41) is 22.6. The van der Waals surface area contributed by atoms with Gasteiger partial charge in [0.15, 0.2) is 0 Å². The van der Waals surface area contributed by atoms with E-state index in [0.717, 1.165) is 49.2 Å². The quantitative estimate of drug-likeness (QED) is 0.482. The highest BCUT2D eigenvalue weighted by Gasteiger charge is 2.48. The number of aromatic nitrogens is 1. The van der Waals surface area contributed by atoms with Crippen molar-refractivity contribution in [2.24, 2.45) is 11.8 Å². The molecule has 2 N–H and O–H groups in total. The highest BCUT2D eigenvalue weighted by atomic mass is 16.6. The minimum atomic E-state index is -0.330. The van der Waals surface area contributed by atoms with E-state index in [1.54, 1.807) is 18.2 Å². The van der Waals surface area contributed by atoms with Gasteiger partial charge in [0.2, 0.25) is 0 Å². The van der Waals surface area contributed by atoms with Crippen molar-refractivity contribution in [1.29, 1.82) is 0 Å². The molecule has 160 valence electrons. The molecule has 6 heteroatoms. The number of phenols is 1. The molecule has 2 heterocycles. The number of H-pyrrole nitrogens is 1. The van der Waals surface area contributed by atoms with Crippen LogP contribution in [0, 0.1) is 22.0 Å². The zero-order valence-corrected chi connectivity index (χ0v) is 17.5. The summed E-state index contributed by atoms with van der Waals surface area (Å²) in [6, 6.07) is 13.0. The van der Waals surface area contributed by atoms with E-state index in [0.29, 0.717) is 11.7 Å². The first kappa shape index (κ1) is 18.9. The molecule has 31 heavy (non-hydrogen) atoms. The molecule has 0 spiro atoms. The molecule has 3 aromatic rings. The summed E-state index contributed by atoms with van der Waals surface area (Å²) < 4.78 is 0. The van der Waals surface area contributed by atoms with Crippen LogP contribution in [0.5, 0.6) is 5.75 Å². The van der Waals surface area contributed by atoms with E-state index in [2.05, 4.69) is 16.0 Å². The van der Waals surface area contributed by atoms with Crippen molar-refractivity contribution >= 4 is 16.6 Å². The SMILES string of the molecule is O=[N+]([O-])c1ccc2c3c([nH]c2c1)CC1(c2cccc(O)c2)CCN(CC2CC2)CC1C3. The average Bonchev–Trinajstić information content (AvgIpc) is 3.50. The van der Waals surface area contributed by atoms with Gasteiger partial charge >= 0.3 is 0 Å². The van der Waals surface area contributed by atoms with Gasteiger partial charge in [-0.2, -0.15) is 0 Å². The molecule has 1 saturated carbocycles. The average molecular weight is 418 g/mol. The second-order valence-corrected chi connectivity index (χ2v) is 9.81. The predicted molar refractivity (Wildman–Crippen MR) is 119 cm³/mol. The van der Waals surface area contributed by atoms with Gasteiger partial charge in [0.1, 0.15) is 5.75 Å². The van der Waals surface area contributed by atoms with E-state index in [1.807, 2.05) is 18.2 Å². The van der Waals surface area contributed by atoms with Gasteiger partial charge < -0.3 is 15.0 Å². The third-order valence-corrected chi connectivity index (χ3v) is 7.90. The Hall–Kier alpha value is -2.86. The molecule has 2 fully saturated rings. The first-order valence-electron chi connectivity index (χ1n) is 11.3. The molecule has 3 aliphatic rings. The summed E-state index contributed by atoms with van der Waals surface area (Å²) in [6.07, 6.45) is 5.65. The molecule has 1 aliphatic heterocycles. The Bertz CT molecular complexity index is 1180. The van der Waals surface area contributed by atoms with Crippen molar-refractivity contribution in [3.05, 3.63) is 69.4 Å². The summed E-state index contributed by atoms with van der Waals surface area (Å²) in [5.41, 5.74) is 4.71. The maximum Gasteiger partial charge on any atom is 0.271 e. The van der Waals surface area contributed by atoms with Crippen LogP contribution in [0.1, 0.15) is 36.1 Å². The Morgan fingerprint density at radius 2 is 2.10 bits per heavy atom. The number of aromatic hydroxyl groups is 1. The number of aromatic amines is 1. The van der Waals surface area contributed by atoms with Crippen LogP contribution >= 0.6 is 0 Å². The predicted octanol–water partition coefficient (Wildman–Crippen LogP) is 4.55. The minimum Gasteiger partial charge on any atom is -0.508 e. The summed E-state index contributed by atoms with van der Waals surface area (Å²) in [7, 11) is 0. The van der Waals surface area contributed by atoms with Crippen molar-refractivity contribution < 1.29 is 10.0 Å². The second kappa shape index (κ2) is 6.82. The lowest BCUT2D eigenvalue weighted by Gasteiger charge is -2.51. The molecule has 0 radical (unpaired) electrons. The Morgan fingerprint density at radius 3 is 2.87 bits per heavy atom. The zero-order chi connectivity index (χ0) is 21.2. The van der Waals surface area contributed by atoms with Gasteiger partial charge in [-0.15, -0.1) is 0 Å². The third kappa shape index (κ3) is 3.12. The third-order valence-electron chi connectivity index (χ3n) is 7.90. The van der Waals surface area contributed by atoms with E-state index in [-0.39, 0.29) is 16.0 Å². The topological polar surface area (TPSA) is 82.4 Å². The van der Waals surface area contributed by atoms with E-state index in [9.17, 15) is 15.2 Å². The second-order valence-electron chi connectivity index (χ2n) is 9.81. The molecule has 2 aliphatic carbocycles. The lowest BCUT2D eigenvalue weighted by molar-refractivity contribution is -0.384. The van der Waals surface area contributed by atoms with E-state index in [4.69, 9.17) is 0 Å². The van der Waals surface area contributed by atoms with Gasteiger partial charge in [-0.3, -0.25) is 10.1 Å². The molecule has 1 saturated heterocycles. The molecule has 2 atom stereocenters. The molecule has 6 nitrogen and oxygen atoms in total. The van der Waals surface area contributed by atoms with Gasteiger partial charge in [0.05, 0.1) is 10.4 Å². The highest BCUT2D eigenvalue weighted by molar-refractivity contribution is 5.87. The Kier molecular flexibility index (Phi) is 4.15. The lowest BCUT2D eigenvalue weighted by atomic mass is 9.58. The van der Waals surface area contributed by atoms with Crippen molar-refractivity contribution in [2.45, 2.75) is 37.5 Å². The first-order valence-corrected chi connectivity index (χ1v) is 11.3. The number of non-ortho nitro benzene ring substituents is 1. The molecular weight excluding hydrogens is 390 g/mol. The van der Waals surface area contributed by atoms with Gasteiger partial charge in [0, 0.05) is 41.7 Å². The van der Waals surface area contributed by atoms with Gasteiger partial charge in [0.25, 0.3) is 5.69 Å². The van der Waals surface area contributed by atoms with Gasteiger partial charge in [-0.25, -0.2) is 0 Å². The van der Waals surface area contributed by atoms with Crippen LogP contribution < -0.4 is 0 Å².